The Balaban J connectivity index is 1.62. The molecule has 1 heterocycles. The molecule has 0 fully saturated rings. The average molecular weight is 371 g/mol. The maximum atomic E-state index is 12.3. The molecule has 0 saturated heterocycles. The van der Waals surface area contributed by atoms with E-state index in [0.717, 1.165) is 25.7 Å². The Labute approximate surface area is 156 Å². The van der Waals surface area contributed by atoms with Gasteiger partial charge in [0.1, 0.15) is 4.88 Å². The second kappa shape index (κ2) is 7.83. The largest absolute Gasteiger partial charge is 0.448 e. The fraction of sp³-hybridized carbons (Fsp3) is 0.350. The lowest BCUT2D eigenvalue weighted by molar-refractivity contribution is -0.123. The van der Waals surface area contributed by atoms with Gasteiger partial charge in [0, 0.05) is 16.1 Å². The third kappa shape index (κ3) is 4.19. The molecule has 0 unspecified atom stereocenters. The summed E-state index contributed by atoms with van der Waals surface area (Å²) in [6.45, 7) is 3.00. The lowest BCUT2D eigenvalue weighted by Crippen LogP contribution is -2.29. The predicted octanol–water partition coefficient (Wildman–Crippen LogP) is 4.01. The number of esters is 1. The number of amides is 1. The minimum Gasteiger partial charge on any atom is -0.448 e. The fourth-order valence-electron chi connectivity index (χ4n) is 2.92. The highest BCUT2D eigenvalue weighted by Crippen LogP contribution is 2.30. The van der Waals surface area contributed by atoms with Crippen molar-refractivity contribution in [2.24, 2.45) is 0 Å². The van der Waals surface area contributed by atoms with E-state index in [1.807, 2.05) is 6.07 Å². The molecular formula is C20H21NO4S. The number of ether oxygens (including phenoxy) is 1. The Kier molecular flexibility index (Phi) is 5.52. The zero-order chi connectivity index (χ0) is 18.7. The van der Waals surface area contributed by atoms with Crippen LogP contribution in [0, 0.1) is 0 Å². The van der Waals surface area contributed by atoms with Gasteiger partial charge in [-0.2, -0.15) is 0 Å². The number of fused-ring (bicyclic) bond motifs is 1. The minimum absolute atomic E-state index is 0.0813. The number of benzene rings is 1. The number of carbonyl (C=O) groups excluding carboxylic acids is 3. The number of rotatable bonds is 5. The molecule has 5 nitrogen and oxygen atoms in total. The van der Waals surface area contributed by atoms with Crippen LogP contribution in [-0.4, -0.2) is 23.8 Å². The lowest BCUT2D eigenvalue weighted by Gasteiger charge is -2.13. The summed E-state index contributed by atoms with van der Waals surface area (Å²) in [5.41, 5.74) is 2.24. The number of thiophene rings is 1. The quantitative estimate of drug-likeness (QED) is 0.637. The van der Waals surface area contributed by atoms with Gasteiger partial charge in [0.25, 0.3) is 5.91 Å². The van der Waals surface area contributed by atoms with Crippen LogP contribution in [0.5, 0.6) is 0 Å². The van der Waals surface area contributed by atoms with Gasteiger partial charge < -0.3 is 10.1 Å². The van der Waals surface area contributed by atoms with Crippen molar-refractivity contribution in [3.05, 3.63) is 51.2 Å². The number of aryl methyl sites for hydroxylation is 2. The van der Waals surface area contributed by atoms with Crippen LogP contribution in [0.3, 0.4) is 0 Å². The van der Waals surface area contributed by atoms with E-state index in [1.54, 1.807) is 24.3 Å². The first kappa shape index (κ1) is 18.3. The van der Waals surface area contributed by atoms with Gasteiger partial charge in [0.15, 0.2) is 11.9 Å². The van der Waals surface area contributed by atoms with E-state index in [0.29, 0.717) is 16.1 Å². The van der Waals surface area contributed by atoms with Crippen molar-refractivity contribution in [2.45, 2.75) is 45.6 Å². The second-order valence-electron chi connectivity index (χ2n) is 6.44. The van der Waals surface area contributed by atoms with Crippen molar-refractivity contribution in [1.29, 1.82) is 0 Å². The first-order chi connectivity index (χ1) is 12.4. The molecule has 3 rings (SSSR count). The van der Waals surface area contributed by atoms with Crippen LogP contribution in [0.15, 0.2) is 30.3 Å². The van der Waals surface area contributed by atoms with Gasteiger partial charge in [-0.05, 0) is 63.3 Å². The zero-order valence-electron chi connectivity index (χ0n) is 14.8. The monoisotopic (exact) mass is 371 g/mol. The molecule has 1 aromatic carbocycles. The van der Waals surface area contributed by atoms with Gasteiger partial charge in [0.2, 0.25) is 0 Å². The van der Waals surface area contributed by atoms with E-state index in [1.165, 1.54) is 35.6 Å². The number of nitrogens with one attached hydrogen (secondary N) is 1. The van der Waals surface area contributed by atoms with Crippen molar-refractivity contribution >= 4 is 34.7 Å². The van der Waals surface area contributed by atoms with Crippen molar-refractivity contribution in [3.8, 4) is 0 Å². The van der Waals surface area contributed by atoms with Crippen LogP contribution in [0.4, 0.5) is 5.69 Å². The fourth-order valence-corrected chi connectivity index (χ4v) is 4.06. The predicted molar refractivity (Wildman–Crippen MR) is 101 cm³/mol. The van der Waals surface area contributed by atoms with Crippen LogP contribution in [0.1, 0.15) is 57.2 Å². The molecule has 0 spiro atoms. The van der Waals surface area contributed by atoms with Crippen LogP contribution < -0.4 is 5.32 Å². The molecule has 0 aliphatic heterocycles. The van der Waals surface area contributed by atoms with E-state index in [2.05, 4.69) is 5.32 Å². The molecule has 2 aromatic rings. The Morgan fingerprint density at radius 2 is 1.92 bits per heavy atom. The second-order valence-corrected chi connectivity index (χ2v) is 7.58. The molecule has 1 amide bonds. The summed E-state index contributed by atoms with van der Waals surface area (Å²) in [7, 11) is 0. The Bertz CT molecular complexity index is 832. The summed E-state index contributed by atoms with van der Waals surface area (Å²) in [4.78, 5) is 37.8. The van der Waals surface area contributed by atoms with Crippen molar-refractivity contribution in [3.63, 3.8) is 0 Å². The number of hydrogen-bond acceptors (Lipinski definition) is 5. The number of carbonyl (C=O) groups is 3. The van der Waals surface area contributed by atoms with E-state index < -0.39 is 18.0 Å². The third-order valence-electron chi connectivity index (χ3n) is 4.39. The number of hydrogen-bond donors (Lipinski definition) is 1. The highest BCUT2D eigenvalue weighted by atomic mass is 32.1. The Morgan fingerprint density at radius 1 is 1.15 bits per heavy atom. The summed E-state index contributed by atoms with van der Waals surface area (Å²) in [5, 5.41) is 2.68. The Morgan fingerprint density at radius 3 is 2.65 bits per heavy atom. The molecule has 1 N–H and O–H groups in total. The van der Waals surface area contributed by atoms with Gasteiger partial charge >= 0.3 is 5.97 Å². The highest BCUT2D eigenvalue weighted by molar-refractivity contribution is 7.14. The number of anilines is 1. The molecule has 26 heavy (non-hydrogen) atoms. The average Bonchev–Trinajstić information content (AvgIpc) is 3.06. The normalized spacial score (nSPS) is 14.2. The molecule has 1 aliphatic carbocycles. The summed E-state index contributed by atoms with van der Waals surface area (Å²) < 4.78 is 5.32. The third-order valence-corrected chi connectivity index (χ3v) is 5.60. The molecule has 136 valence electrons. The van der Waals surface area contributed by atoms with Gasteiger partial charge in [0.05, 0.1) is 0 Å². The van der Waals surface area contributed by atoms with E-state index in [9.17, 15) is 14.4 Å². The van der Waals surface area contributed by atoms with Crippen molar-refractivity contribution in [2.75, 3.05) is 5.32 Å². The van der Waals surface area contributed by atoms with Gasteiger partial charge in [-0.1, -0.05) is 12.1 Å². The first-order valence-electron chi connectivity index (χ1n) is 8.68. The standard InChI is InChI=1S/C20H21NO4S/c1-12(22)14-7-5-8-16(10-14)21-19(23)13(2)25-20(24)18-11-15-6-3-4-9-17(15)26-18/h5,7-8,10-11,13H,3-4,6,9H2,1-2H3,(H,21,23)/t13-/m0/s1. The molecule has 1 atom stereocenters. The SMILES string of the molecule is CC(=O)c1cccc(NC(=O)[C@H](C)OC(=O)c2cc3c(s2)CCCC3)c1. The van der Waals surface area contributed by atoms with Gasteiger partial charge in [-0.15, -0.1) is 11.3 Å². The molecule has 1 aromatic heterocycles. The van der Waals surface area contributed by atoms with Crippen LogP contribution in [0.25, 0.3) is 0 Å². The molecule has 0 saturated carbocycles. The minimum atomic E-state index is -0.928. The molecule has 1 aliphatic rings. The summed E-state index contributed by atoms with van der Waals surface area (Å²) in [6, 6.07) is 8.55. The topological polar surface area (TPSA) is 72.5 Å². The van der Waals surface area contributed by atoms with Crippen LogP contribution >= 0.6 is 11.3 Å². The first-order valence-corrected chi connectivity index (χ1v) is 9.50. The van der Waals surface area contributed by atoms with Gasteiger partial charge in [-0.3, -0.25) is 9.59 Å². The van der Waals surface area contributed by atoms with Crippen molar-refractivity contribution < 1.29 is 19.1 Å². The Hall–Kier alpha value is -2.47. The lowest BCUT2D eigenvalue weighted by atomic mass is 9.99. The highest BCUT2D eigenvalue weighted by Gasteiger charge is 2.23. The number of Topliss-reactive ketones (excluding diaryl/α,β-unsaturated/α-hetero) is 1. The molecule has 6 heteroatoms. The van der Waals surface area contributed by atoms with Gasteiger partial charge in [-0.25, -0.2) is 4.79 Å². The van der Waals surface area contributed by atoms with Crippen LogP contribution in [0.2, 0.25) is 0 Å². The molecule has 0 radical (unpaired) electrons. The van der Waals surface area contributed by atoms with E-state index in [-0.39, 0.29) is 5.78 Å². The summed E-state index contributed by atoms with van der Waals surface area (Å²) in [5.74, 6) is -0.979. The number of ketones is 1. The van der Waals surface area contributed by atoms with E-state index in [4.69, 9.17) is 4.74 Å². The maximum Gasteiger partial charge on any atom is 0.349 e. The smallest absolute Gasteiger partial charge is 0.349 e. The molecular weight excluding hydrogens is 350 g/mol. The molecule has 0 bridgehead atoms. The zero-order valence-corrected chi connectivity index (χ0v) is 15.7. The summed E-state index contributed by atoms with van der Waals surface area (Å²) in [6.07, 6.45) is 3.39. The summed E-state index contributed by atoms with van der Waals surface area (Å²) >= 11 is 1.46. The van der Waals surface area contributed by atoms with Crippen LogP contribution in [-0.2, 0) is 22.4 Å². The van der Waals surface area contributed by atoms with E-state index >= 15 is 0 Å². The van der Waals surface area contributed by atoms with Crippen molar-refractivity contribution in [1.82, 2.24) is 0 Å². The maximum absolute atomic E-state index is 12.3.